The molecule has 2 heterocycles. The van der Waals surface area contributed by atoms with Crippen LogP contribution in [-0.4, -0.2) is 34.8 Å². The van der Waals surface area contributed by atoms with Crippen LogP contribution in [0.25, 0.3) is 21.8 Å². The van der Waals surface area contributed by atoms with Gasteiger partial charge in [-0.2, -0.15) is 0 Å². The van der Waals surface area contributed by atoms with Gasteiger partial charge in [-0.1, -0.05) is 47.5 Å². The molecule has 4 rings (SSSR count). The summed E-state index contributed by atoms with van der Waals surface area (Å²) < 4.78 is 5.79. The van der Waals surface area contributed by atoms with E-state index in [0.717, 1.165) is 33.1 Å². The van der Waals surface area contributed by atoms with Gasteiger partial charge in [0.2, 0.25) is 0 Å². The molecule has 5 nitrogen and oxygen atoms in total. The predicted molar refractivity (Wildman–Crippen MR) is 130 cm³/mol. The van der Waals surface area contributed by atoms with E-state index in [4.69, 9.17) is 21.3 Å². The van der Waals surface area contributed by atoms with Crippen LogP contribution in [-0.2, 0) is 0 Å². The number of nitrogens with zero attached hydrogens (tertiary/aromatic N) is 2. The molecule has 0 saturated heterocycles. The van der Waals surface area contributed by atoms with Gasteiger partial charge in [0.15, 0.2) is 0 Å². The van der Waals surface area contributed by atoms with Gasteiger partial charge in [-0.25, -0.2) is 9.97 Å². The van der Waals surface area contributed by atoms with E-state index >= 15 is 0 Å². The number of rotatable bonds is 9. The zero-order valence-electron chi connectivity index (χ0n) is 17.7. The number of hydrogen-bond acceptors (Lipinski definition) is 6. The van der Waals surface area contributed by atoms with E-state index in [2.05, 4.69) is 46.9 Å². The molecule has 0 fully saturated rings. The zero-order chi connectivity index (χ0) is 22.3. The molecular weight excluding hydrogens is 442 g/mol. The fraction of sp³-hybridized carbons (Fsp3) is 0.200. The molecule has 7 heteroatoms. The third kappa shape index (κ3) is 5.93. The average molecular weight is 466 g/mol. The summed E-state index contributed by atoms with van der Waals surface area (Å²) in [6.45, 7) is 3.61. The molecule has 0 radical (unpaired) electrons. The molecule has 0 saturated carbocycles. The third-order valence-corrected chi connectivity index (χ3v) is 6.09. The van der Waals surface area contributed by atoms with Crippen LogP contribution in [0.2, 0.25) is 5.15 Å². The van der Waals surface area contributed by atoms with Crippen molar-refractivity contribution in [3.05, 3.63) is 88.5 Å². The number of nitrogens with one attached hydrogen (secondary N) is 1. The molecule has 0 aliphatic carbocycles. The summed E-state index contributed by atoms with van der Waals surface area (Å²) in [6, 6.07) is 19.8. The molecule has 0 aliphatic rings. The van der Waals surface area contributed by atoms with E-state index < -0.39 is 6.10 Å². The van der Waals surface area contributed by atoms with E-state index in [9.17, 15) is 5.11 Å². The molecule has 0 amide bonds. The smallest absolute Gasteiger partial charge is 0.129 e. The van der Waals surface area contributed by atoms with Gasteiger partial charge in [0.1, 0.15) is 22.5 Å². The molecule has 164 valence electrons. The van der Waals surface area contributed by atoms with Crippen molar-refractivity contribution >= 4 is 22.9 Å². The lowest BCUT2D eigenvalue weighted by Gasteiger charge is -2.12. The number of pyridine rings is 1. The molecule has 2 aromatic heterocycles. The molecule has 0 aliphatic heterocycles. The SMILES string of the molecule is Cc1ccc(-c2csc(-c3ccc(OCCNC[C@H](O)c4ccc(Cl)nc4)cc3)n2)cc1. The molecule has 0 unspecified atom stereocenters. The highest BCUT2D eigenvalue weighted by molar-refractivity contribution is 7.13. The number of benzene rings is 2. The Morgan fingerprint density at radius 1 is 1.03 bits per heavy atom. The molecule has 2 N–H and O–H groups in total. The largest absolute Gasteiger partial charge is 0.492 e. The lowest BCUT2D eigenvalue weighted by molar-refractivity contribution is 0.171. The van der Waals surface area contributed by atoms with Crippen LogP contribution in [0.3, 0.4) is 0 Å². The Balaban J connectivity index is 1.24. The molecule has 2 aromatic carbocycles. The summed E-state index contributed by atoms with van der Waals surface area (Å²) in [6.07, 6.45) is 0.945. The van der Waals surface area contributed by atoms with Gasteiger partial charge >= 0.3 is 0 Å². The zero-order valence-corrected chi connectivity index (χ0v) is 19.2. The highest BCUT2D eigenvalue weighted by atomic mass is 35.5. The number of halogens is 1. The van der Waals surface area contributed by atoms with Crippen molar-refractivity contribution in [2.75, 3.05) is 19.7 Å². The van der Waals surface area contributed by atoms with Crippen molar-refractivity contribution < 1.29 is 9.84 Å². The highest BCUT2D eigenvalue weighted by Gasteiger charge is 2.08. The summed E-state index contributed by atoms with van der Waals surface area (Å²) in [5, 5.41) is 16.8. The molecule has 4 aromatic rings. The van der Waals surface area contributed by atoms with Crippen LogP contribution in [0.1, 0.15) is 17.2 Å². The minimum atomic E-state index is -0.637. The van der Waals surface area contributed by atoms with Gasteiger partial charge in [0.25, 0.3) is 0 Å². The first-order valence-electron chi connectivity index (χ1n) is 10.3. The molecule has 0 spiro atoms. The molecule has 0 bridgehead atoms. The second kappa shape index (κ2) is 10.7. The first-order valence-corrected chi connectivity index (χ1v) is 11.6. The van der Waals surface area contributed by atoms with E-state index in [1.165, 1.54) is 5.56 Å². The van der Waals surface area contributed by atoms with Crippen LogP contribution in [0, 0.1) is 6.92 Å². The number of aliphatic hydroxyl groups excluding tert-OH is 1. The fourth-order valence-corrected chi connectivity index (χ4v) is 4.09. The second-order valence-corrected chi connectivity index (χ2v) is 8.66. The Morgan fingerprint density at radius 3 is 2.50 bits per heavy atom. The summed E-state index contributed by atoms with van der Waals surface area (Å²) >= 11 is 7.40. The monoisotopic (exact) mass is 465 g/mol. The van der Waals surface area contributed by atoms with Crippen LogP contribution in [0.15, 0.2) is 72.2 Å². The van der Waals surface area contributed by atoms with Gasteiger partial charge < -0.3 is 15.2 Å². The molecule has 1 atom stereocenters. The van der Waals surface area contributed by atoms with E-state index in [0.29, 0.717) is 24.8 Å². The number of aromatic nitrogens is 2. The Morgan fingerprint density at radius 2 is 1.78 bits per heavy atom. The fourth-order valence-electron chi connectivity index (χ4n) is 3.14. The van der Waals surface area contributed by atoms with Crippen LogP contribution in [0.4, 0.5) is 0 Å². The first-order chi connectivity index (χ1) is 15.6. The van der Waals surface area contributed by atoms with Crippen LogP contribution >= 0.6 is 22.9 Å². The quantitative estimate of drug-likeness (QED) is 0.251. The maximum absolute atomic E-state index is 10.2. The average Bonchev–Trinajstić information content (AvgIpc) is 3.30. The van der Waals surface area contributed by atoms with Gasteiger partial charge in [-0.15, -0.1) is 11.3 Å². The summed E-state index contributed by atoms with van der Waals surface area (Å²) in [4.78, 5) is 8.76. The molecule has 32 heavy (non-hydrogen) atoms. The molecular formula is C25H24ClN3O2S. The normalized spacial score (nSPS) is 12.0. The van der Waals surface area contributed by atoms with E-state index in [1.54, 1.807) is 29.7 Å². The van der Waals surface area contributed by atoms with Gasteiger partial charge in [0, 0.05) is 41.4 Å². The van der Waals surface area contributed by atoms with Crippen molar-refractivity contribution in [3.8, 4) is 27.6 Å². The number of hydrogen-bond donors (Lipinski definition) is 2. The van der Waals surface area contributed by atoms with Crippen molar-refractivity contribution in [1.82, 2.24) is 15.3 Å². The number of aryl methyl sites for hydroxylation is 1. The summed E-state index contributed by atoms with van der Waals surface area (Å²) in [5.74, 6) is 0.799. The maximum Gasteiger partial charge on any atom is 0.129 e. The topological polar surface area (TPSA) is 67.3 Å². The number of thiazole rings is 1. The van der Waals surface area contributed by atoms with Crippen LogP contribution in [0.5, 0.6) is 5.75 Å². The van der Waals surface area contributed by atoms with Gasteiger partial charge in [-0.05, 0) is 37.3 Å². The maximum atomic E-state index is 10.2. The summed E-state index contributed by atoms with van der Waals surface area (Å²) in [7, 11) is 0. The Labute approximate surface area is 196 Å². The standard InChI is InChI=1S/C25H24ClN3O2S/c1-17-2-4-18(5-3-17)22-16-32-25(29-22)19-6-9-21(10-7-19)31-13-12-27-15-23(30)20-8-11-24(26)28-14-20/h2-11,14,16,23,27,30H,12-13,15H2,1H3/t23-/m0/s1. The van der Waals surface area contributed by atoms with Gasteiger partial charge in [-0.3, -0.25) is 0 Å². The van der Waals surface area contributed by atoms with Crippen molar-refractivity contribution in [2.45, 2.75) is 13.0 Å². The van der Waals surface area contributed by atoms with Crippen molar-refractivity contribution in [3.63, 3.8) is 0 Å². The van der Waals surface area contributed by atoms with Crippen LogP contribution < -0.4 is 10.1 Å². The lowest BCUT2D eigenvalue weighted by atomic mass is 10.1. The van der Waals surface area contributed by atoms with E-state index in [1.807, 2.05) is 24.3 Å². The number of aliphatic hydroxyl groups is 1. The van der Waals surface area contributed by atoms with Crippen molar-refractivity contribution in [1.29, 1.82) is 0 Å². The second-order valence-electron chi connectivity index (χ2n) is 7.41. The van der Waals surface area contributed by atoms with Crippen molar-refractivity contribution in [2.24, 2.45) is 0 Å². The number of ether oxygens (including phenoxy) is 1. The minimum absolute atomic E-state index is 0.412. The minimum Gasteiger partial charge on any atom is -0.492 e. The predicted octanol–water partition coefficient (Wildman–Crippen LogP) is 5.54. The third-order valence-electron chi connectivity index (χ3n) is 4.97. The Hall–Kier alpha value is -2.77. The van der Waals surface area contributed by atoms with Gasteiger partial charge in [0.05, 0.1) is 11.8 Å². The van der Waals surface area contributed by atoms with E-state index in [-0.39, 0.29) is 0 Å². The lowest BCUT2D eigenvalue weighted by Crippen LogP contribution is -2.26. The first kappa shape index (κ1) is 22.4. The highest BCUT2D eigenvalue weighted by Crippen LogP contribution is 2.30. The Kier molecular flexibility index (Phi) is 7.50. The summed E-state index contributed by atoms with van der Waals surface area (Å²) in [5.41, 5.74) is 5.16. The Bertz CT molecular complexity index is 1130.